The highest BCUT2D eigenvalue weighted by Gasteiger charge is 2.25. The van der Waals surface area contributed by atoms with Crippen molar-refractivity contribution < 1.29 is 8.83 Å². The summed E-state index contributed by atoms with van der Waals surface area (Å²) in [6.07, 6.45) is 1.87. The summed E-state index contributed by atoms with van der Waals surface area (Å²) >= 11 is 0. The van der Waals surface area contributed by atoms with Gasteiger partial charge in [-0.25, -0.2) is 9.97 Å². The van der Waals surface area contributed by atoms with E-state index < -0.39 is 0 Å². The van der Waals surface area contributed by atoms with E-state index in [1.165, 1.54) is 27.9 Å². The van der Waals surface area contributed by atoms with E-state index in [-0.39, 0.29) is 11.8 Å². The predicted molar refractivity (Wildman–Crippen MR) is 205 cm³/mol. The number of nitrogens with zero attached hydrogens (tertiary/aromatic N) is 3. The lowest BCUT2D eigenvalue weighted by Crippen LogP contribution is -2.09. The third-order valence-corrected chi connectivity index (χ3v) is 9.93. The molecule has 0 atom stereocenters. The maximum absolute atomic E-state index is 6.26. The molecule has 0 radical (unpaired) electrons. The van der Waals surface area contributed by atoms with Crippen molar-refractivity contribution in [2.75, 3.05) is 0 Å². The molecule has 0 spiro atoms. The van der Waals surface area contributed by atoms with E-state index in [0.29, 0.717) is 5.71 Å². The molecule has 9 rings (SSSR count). The predicted octanol–water partition coefficient (Wildman–Crippen LogP) is 12.6. The second kappa shape index (κ2) is 11.6. The van der Waals surface area contributed by atoms with Crippen LogP contribution in [0.1, 0.15) is 56.4 Å². The molecule has 5 nitrogen and oxygen atoms in total. The number of hydrogen-bond acceptors (Lipinski definition) is 4. The van der Waals surface area contributed by atoms with Crippen LogP contribution in [0.2, 0.25) is 0 Å². The van der Waals surface area contributed by atoms with Crippen molar-refractivity contribution in [3.05, 3.63) is 138 Å². The summed E-state index contributed by atoms with van der Waals surface area (Å²) in [5.41, 5.74) is 14.7. The molecular weight excluding hydrogens is 615 g/mol. The van der Waals surface area contributed by atoms with Crippen LogP contribution in [0, 0.1) is 6.92 Å². The normalized spacial score (nSPS) is 12.1. The Hall–Kier alpha value is -5.94. The lowest BCUT2D eigenvalue weighted by Gasteiger charge is -2.24. The van der Waals surface area contributed by atoms with Gasteiger partial charge in [-0.05, 0) is 113 Å². The Kier molecular flexibility index (Phi) is 6.99. The first-order chi connectivity index (χ1) is 24.3. The molecule has 4 heterocycles. The van der Waals surface area contributed by atoms with Crippen molar-refractivity contribution in [1.29, 1.82) is 0 Å². The maximum atomic E-state index is 6.26. The molecule has 5 heteroatoms. The average molecular weight is 652 g/mol. The second-order valence-electron chi connectivity index (χ2n) is 13.9. The molecule has 0 bridgehead atoms. The molecule has 244 valence electrons. The van der Waals surface area contributed by atoms with Crippen molar-refractivity contribution in [3.8, 4) is 39.3 Å². The van der Waals surface area contributed by atoms with Crippen molar-refractivity contribution in [3.63, 3.8) is 0 Å². The van der Waals surface area contributed by atoms with Gasteiger partial charge in [-0.3, -0.25) is 4.57 Å². The molecule has 4 aromatic heterocycles. The van der Waals surface area contributed by atoms with Crippen LogP contribution in [-0.2, 0) is 0 Å². The summed E-state index contributed by atoms with van der Waals surface area (Å²) in [6.45, 7) is 11.1. The largest absolute Gasteiger partial charge is 0.464 e. The van der Waals surface area contributed by atoms with Crippen LogP contribution in [0.4, 0.5) is 0 Å². The van der Waals surface area contributed by atoms with Gasteiger partial charge in [0.2, 0.25) is 5.71 Å². The quantitative estimate of drug-likeness (QED) is 0.179. The van der Waals surface area contributed by atoms with Gasteiger partial charge >= 0.3 is 0 Å². The minimum Gasteiger partial charge on any atom is -0.464 e. The SMILES string of the molecule is Cc1ccc2c(n1)oc1ccc(-c3ccc4occ(-c5nc6ccccc6n5-c5c(C(C)C)cc(-c6ccccc6)cc5C(C)C)c4c3)cc12. The van der Waals surface area contributed by atoms with Crippen molar-refractivity contribution in [2.24, 2.45) is 0 Å². The smallest absolute Gasteiger partial charge is 0.227 e. The van der Waals surface area contributed by atoms with Gasteiger partial charge in [-0.1, -0.05) is 82.3 Å². The van der Waals surface area contributed by atoms with Gasteiger partial charge in [-0.15, -0.1) is 0 Å². The third-order valence-electron chi connectivity index (χ3n) is 9.93. The molecule has 0 saturated heterocycles. The summed E-state index contributed by atoms with van der Waals surface area (Å²) < 4.78 is 14.7. The average Bonchev–Trinajstić information content (AvgIpc) is 3.83. The lowest BCUT2D eigenvalue weighted by molar-refractivity contribution is 0.616. The Labute approximate surface area is 290 Å². The van der Waals surface area contributed by atoms with Crippen LogP contribution < -0.4 is 0 Å². The molecule has 50 heavy (non-hydrogen) atoms. The summed E-state index contributed by atoms with van der Waals surface area (Å²) in [6, 6.07) is 40.8. The van der Waals surface area contributed by atoms with Crippen LogP contribution in [0.3, 0.4) is 0 Å². The first kappa shape index (κ1) is 30.1. The molecule has 0 N–H and O–H groups in total. The minimum absolute atomic E-state index is 0.279. The van der Waals surface area contributed by atoms with Gasteiger partial charge in [0.1, 0.15) is 23.3 Å². The summed E-state index contributed by atoms with van der Waals surface area (Å²) in [5, 5.41) is 3.10. The van der Waals surface area contributed by atoms with Crippen molar-refractivity contribution in [1.82, 2.24) is 14.5 Å². The Morgan fingerprint density at radius 2 is 1.26 bits per heavy atom. The zero-order chi connectivity index (χ0) is 34.1. The van der Waals surface area contributed by atoms with Crippen molar-refractivity contribution in [2.45, 2.75) is 46.5 Å². The Balaban J connectivity index is 1.27. The zero-order valence-electron chi connectivity index (χ0n) is 28.9. The first-order valence-electron chi connectivity index (χ1n) is 17.4. The van der Waals surface area contributed by atoms with Crippen LogP contribution in [0.5, 0.6) is 0 Å². The first-order valence-corrected chi connectivity index (χ1v) is 17.4. The number of pyridine rings is 1. The lowest BCUT2D eigenvalue weighted by atomic mass is 9.88. The number of hydrogen-bond donors (Lipinski definition) is 0. The molecule has 0 aliphatic carbocycles. The number of para-hydroxylation sites is 2. The van der Waals surface area contributed by atoms with E-state index in [2.05, 4.69) is 140 Å². The highest BCUT2D eigenvalue weighted by atomic mass is 16.3. The van der Waals surface area contributed by atoms with Crippen LogP contribution in [0.15, 0.2) is 130 Å². The molecule has 0 unspecified atom stereocenters. The van der Waals surface area contributed by atoms with E-state index >= 15 is 0 Å². The molecule has 0 aliphatic heterocycles. The van der Waals surface area contributed by atoms with Gasteiger partial charge in [0.05, 0.1) is 22.3 Å². The monoisotopic (exact) mass is 651 g/mol. The fourth-order valence-electron chi connectivity index (χ4n) is 7.36. The summed E-state index contributed by atoms with van der Waals surface area (Å²) in [5.74, 6) is 1.43. The molecule has 9 aromatic rings. The van der Waals surface area contributed by atoms with Gasteiger partial charge in [0.25, 0.3) is 0 Å². The standard InChI is InChI=1S/C45H37N3O2/c1-26(2)34-23-32(29-11-7-6-8-12-29)24-35(27(3)4)43(34)48-40-14-10-9-13-39(40)47-44(48)38-25-49-41-19-16-30(22-37(38)41)31-17-20-42-36(21-31)33-18-15-28(5)46-45(33)50-42/h6-27H,1-5H3. The van der Waals surface area contributed by atoms with Crippen LogP contribution >= 0.6 is 0 Å². The fourth-order valence-corrected chi connectivity index (χ4v) is 7.36. The number of fused-ring (bicyclic) bond motifs is 5. The minimum atomic E-state index is 0.279. The number of aryl methyl sites for hydroxylation is 1. The van der Waals surface area contributed by atoms with E-state index in [0.717, 1.165) is 66.6 Å². The van der Waals surface area contributed by atoms with E-state index in [4.69, 9.17) is 13.8 Å². The highest BCUT2D eigenvalue weighted by molar-refractivity contribution is 6.06. The molecule has 0 amide bonds. The number of furan rings is 2. The second-order valence-corrected chi connectivity index (χ2v) is 13.9. The number of benzene rings is 5. The molecule has 0 aliphatic rings. The third kappa shape index (κ3) is 4.84. The number of aromatic nitrogens is 3. The van der Waals surface area contributed by atoms with E-state index in [9.17, 15) is 0 Å². The maximum Gasteiger partial charge on any atom is 0.227 e. The molecular formula is C45H37N3O2. The van der Waals surface area contributed by atoms with Gasteiger partial charge in [-0.2, -0.15) is 0 Å². The Morgan fingerprint density at radius 1 is 0.580 bits per heavy atom. The van der Waals surface area contributed by atoms with Crippen LogP contribution in [-0.4, -0.2) is 14.5 Å². The fraction of sp³-hybridized carbons (Fsp3) is 0.156. The van der Waals surface area contributed by atoms with Gasteiger partial charge in [0, 0.05) is 21.9 Å². The molecule has 0 fully saturated rings. The molecule has 5 aromatic carbocycles. The van der Waals surface area contributed by atoms with Crippen LogP contribution in [0.25, 0.3) is 83.4 Å². The topological polar surface area (TPSA) is 57.0 Å². The Bertz CT molecular complexity index is 2700. The Morgan fingerprint density at radius 3 is 2.00 bits per heavy atom. The number of imidazole rings is 1. The van der Waals surface area contributed by atoms with Crippen molar-refractivity contribution >= 4 is 44.1 Å². The summed E-state index contributed by atoms with van der Waals surface area (Å²) in [7, 11) is 0. The zero-order valence-corrected chi connectivity index (χ0v) is 28.9. The van der Waals surface area contributed by atoms with Gasteiger partial charge in [0.15, 0.2) is 0 Å². The van der Waals surface area contributed by atoms with E-state index in [1.807, 2.05) is 25.3 Å². The van der Waals surface area contributed by atoms with Gasteiger partial charge < -0.3 is 8.83 Å². The highest BCUT2D eigenvalue weighted by Crippen LogP contribution is 2.42. The number of rotatable bonds is 6. The molecule has 0 saturated carbocycles. The van der Waals surface area contributed by atoms with E-state index in [1.54, 1.807) is 0 Å². The summed E-state index contributed by atoms with van der Waals surface area (Å²) in [4.78, 5) is 9.94.